The molecule has 0 radical (unpaired) electrons. The van der Waals surface area contributed by atoms with Crippen LogP contribution in [0.15, 0.2) is 12.4 Å². The van der Waals surface area contributed by atoms with Crippen LogP contribution in [0, 0.1) is 5.41 Å². The molecule has 4 heterocycles. The average molecular weight is 382 g/mol. The van der Waals surface area contributed by atoms with Crippen LogP contribution in [0.4, 0.5) is 5.95 Å². The summed E-state index contributed by atoms with van der Waals surface area (Å²) in [5, 5.41) is 0. The molecule has 5 aliphatic rings. The second-order valence-corrected chi connectivity index (χ2v) is 10.6. The number of hydrogen-bond donors (Lipinski definition) is 0. The van der Waals surface area contributed by atoms with Gasteiger partial charge in [0.25, 0.3) is 0 Å². The fourth-order valence-corrected chi connectivity index (χ4v) is 7.00. The van der Waals surface area contributed by atoms with E-state index in [2.05, 4.69) is 34.1 Å². The van der Waals surface area contributed by atoms with Crippen molar-refractivity contribution in [2.45, 2.75) is 81.8 Å². The first kappa shape index (κ1) is 17.6. The SMILES string of the molecule is CN1CC2CCC(C1)N2c1ncc(C2CCN(C3CC4(CCC4)C3)CC2)cn1. The fraction of sp³-hybridized carbons (Fsp3) is 0.826. The van der Waals surface area contributed by atoms with Gasteiger partial charge in [0.1, 0.15) is 0 Å². The second kappa shape index (κ2) is 6.66. The van der Waals surface area contributed by atoms with Gasteiger partial charge in [-0.2, -0.15) is 0 Å². The van der Waals surface area contributed by atoms with E-state index in [0.29, 0.717) is 18.0 Å². The minimum atomic E-state index is 0.610. The Hall–Kier alpha value is -1.20. The molecule has 2 atom stereocenters. The molecule has 3 saturated heterocycles. The molecule has 1 aromatic heterocycles. The topological polar surface area (TPSA) is 35.5 Å². The lowest BCUT2D eigenvalue weighted by Crippen LogP contribution is -2.55. The molecule has 2 saturated carbocycles. The van der Waals surface area contributed by atoms with Gasteiger partial charge in [-0.05, 0) is 88.4 Å². The van der Waals surface area contributed by atoms with Crippen LogP contribution in [0.3, 0.4) is 0 Å². The summed E-state index contributed by atoms with van der Waals surface area (Å²) >= 11 is 0. The maximum Gasteiger partial charge on any atom is 0.225 e. The van der Waals surface area contributed by atoms with E-state index in [0.717, 1.165) is 30.5 Å². The lowest BCUT2D eigenvalue weighted by atomic mass is 9.53. The number of likely N-dealkylation sites (tertiary alicyclic amines) is 2. The fourth-order valence-electron chi connectivity index (χ4n) is 7.00. The van der Waals surface area contributed by atoms with Crippen molar-refractivity contribution in [3.63, 3.8) is 0 Å². The Morgan fingerprint density at radius 3 is 2.11 bits per heavy atom. The molecular weight excluding hydrogens is 346 g/mol. The van der Waals surface area contributed by atoms with E-state index >= 15 is 0 Å². The third-order valence-electron chi connectivity index (χ3n) is 8.82. The van der Waals surface area contributed by atoms with E-state index in [1.807, 2.05) is 0 Å². The highest BCUT2D eigenvalue weighted by Gasteiger charge is 2.50. The second-order valence-electron chi connectivity index (χ2n) is 10.6. The van der Waals surface area contributed by atoms with E-state index < -0.39 is 0 Å². The van der Waals surface area contributed by atoms with Crippen LogP contribution in [-0.4, -0.2) is 71.1 Å². The lowest BCUT2D eigenvalue weighted by Gasteiger charge is -2.58. The van der Waals surface area contributed by atoms with Crippen molar-refractivity contribution in [2.24, 2.45) is 5.41 Å². The summed E-state index contributed by atoms with van der Waals surface area (Å²) in [5.74, 6) is 1.63. The van der Waals surface area contributed by atoms with Crippen LogP contribution in [0.5, 0.6) is 0 Å². The Morgan fingerprint density at radius 2 is 1.54 bits per heavy atom. The summed E-state index contributed by atoms with van der Waals surface area (Å²) in [6, 6.07) is 2.12. The molecule has 1 aromatic rings. The van der Waals surface area contributed by atoms with Gasteiger partial charge >= 0.3 is 0 Å². The van der Waals surface area contributed by atoms with Crippen molar-refractivity contribution in [1.82, 2.24) is 19.8 Å². The van der Waals surface area contributed by atoms with Crippen LogP contribution < -0.4 is 4.90 Å². The minimum Gasteiger partial charge on any atom is -0.332 e. The summed E-state index contributed by atoms with van der Waals surface area (Å²) in [4.78, 5) is 17.5. The molecule has 1 spiro atoms. The Kier molecular flexibility index (Phi) is 4.20. The number of fused-ring (bicyclic) bond motifs is 2. The Bertz CT molecular complexity index is 684. The van der Waals surface area contributed by atoms with Crippen LogP contribution in [0.2, 0.25) is 0 Å². The first-order chi connectivity index (χ1) is 13.7. The third kappa shape index (κ3) is 2.88. The van der Waals surface area contributed by atoms with Crippen molar-refractivity contribution in [2.75, 3.05) is 38.1 Å². The Morgan fingerprint density at radius 1 is 0.893 bits per heavy atom. The first-order valence-electron chi connectivity index (χ1n) is 11.7. The number of likely N-dealkylation sites (N-methyl/N-ethyl adjacent to an activating group) is 1. The summed E-state index contributed by atoms with van der Waals surface area (Å²) < 4.78 is 0. The molecule has 0 amide bonds. The quantitative estimate of drug-likeness (QED) is 0.803. The van der Waals surface area contributed by atoms with Gasteiger partial charge in [-0.3, -0.25) is 0 Å². The van der Waals surface area contributed by atoms with Gasteiger partial charge in [-0.25, -0.2) is 9.97 Å². The number of piperazine rings is 1. The Labute approximate surface area is 169 Å². The smallest absolute Gasteiger partial charge is 0.225 e. The molecule has 152 valence electrons. The highest BCUT2D eigenvalue weighted by Crippen LogP contribution is 2.57. The number of anilines is 1. The van der Waals surface area contributed by atoms with Gasteiger partial charge < -0.3 is 14.7 Å². The van der Waals surface area contributed by atoms with Crippen molar-refractivity contribution in [3.05, 3.63) is 18.0 Å². The predicted molar refractivity (Wildman–Crippen MR) is 112 cm³/mol. The van der Waals surface area contributed by atoms with Crippen molar-refractivity contribution >= 4 is 5.95 Å². The zero-order valence-electron chi connectivity index (χ0n) is 17.4. The molecule has 3 aliphatic heterocycles. The molecule has 5 heteroatoms. The summed E-state index contributed by atoms with van der Waals surface area (Å²) in [6.07, 6.45) is 16.9. The van der Waals surface area contributed by atoms with Gasteiger partial charge in [0, 0.05) is 43.6 Å². The number of nitrogens with zero attached hydrogens (tertiary/aromatic N) is 5. The molecule has 0 N–H and O–H groups in total. The summed E-state index contributed by atoms with van der Waals surface area (Å²) in [6.45, 7) is 4.86. The highest BCUT2D eigenvalue weighted by atomic mass is 15.4. The Balaban J connectivity index is 1.06. The van der Waals surface area contributed by atoms with Gasteiger partial charge in [0.2, 0.25) is 5.95 Å². The zero-order chi connectivity index (χ0) is 18.7. The monoisotopic (exact) mass is 381 g/mol. The normalized spacial score (nSPS) is 33.8. The van der Waals surface area contributed by atoms with Gasteiger partial charge in [-0.1, -0.05) is 6.42 Å². The number of piperidine rings is 1. The average Bonchev–Trinajstić information content (AvgIpc) is 2.91. The zero-order valence-corrected chi connectivity index (χ0v) is 17.4. The molecule has 28 heavy (non-hydrogen) atoms. The molecule has 2 aliphatic carbocycles. The van der Waals surface area contributed by atoms with E-state index in [9.17, 15) is 0 Å². The molecule has 5 fully saturated rings. The van der Waals surface area contributed by atoms with Crippen LogP contribution in [0.1, 0.15) is 69.3 Å². The molecule has 2 bridgehead atoms. The van der Waals surface area contributed by atoms with E-state index in [-0.39, 0.29) is 0 Å². The maximum atomic E-state index is 4.85. The van der Waals surface area contributed by atoms with Gasteiger partial charge in [0.05, 0.1) is 0 Å². The van der Waals surface area contributed by atoms with E-state index in [1.54, 1.807) is 0 Å². The minimum absolute atomic E-state index is 0.610. The summed E-state index contributed by atoms with van der Waals surface area (Å²) in [5.41, 5.74) is 2.17. The lowest BCUT2D eigenvalue weighted by molar-refractivity contribution is -0.0611. The molecule has 6 rings (SSSR count). The van der Waals surface area contributed by atoms with Crippen LogP contribution >= 0.6 is 0 Å². The number of rotatable bonds is 3. The number of aromatic nitrogens is 2. The predicted octanol–water partition coefficient (Wildman–Crippen LogP) is 3.27. The third-order valence-corrected chi connectivity index (χ3v) is 8.82. The van der Waals surface area contributed by atoms with Gasteiger partial charge in [-0.15, -0.1) is 0 Å². The highest BCUT2D eigenvalue weighted by molar-refractivity contribution is 5.38. The van der Waals surface area contributed by atoms with Crippen molar-refractivity contribution in [3.8, 4) is 0 Å². The molecule has 2 unspecified atom stereocenters. The molecule has 5 nitrogen and oxygen atoms in total. The molecular formula is C23H35N5. The maximum absolute atomic E-state index is 4.85. The van der Waals surface area contributed by atoms with E-state index in [4.69, 9.17) is 9.97 Å². The van der Waals surface area contributed by atoms with Crippen LogP contribution in [-0.2, 0) is 0 Å². The first-order valence-corrected chi connectivity index (χ1v) is 11.7. The summed E-state index contributed by atoms with van der Waals surface area (Å²) in [7, 11) is 2.24. The van der Waals surface area contributed by atoms with Crippen molar-refractivity contribution < 1.29 is 0 Å². The standard InChI is InChI=1S/C23H35N5/c1-26-15-19-3-4-20(16-26)28(19)22-24-13-18(14-25-22)17-5-9-27(10-6-17)21-11-23(12-21)7-2-8-23/h13-14,17,19-21H,2-12,15-16H2,1H3. The van der Waals surface area contributed by atoms with Gasteiger partial charge in [0.15, 0.2) is 0 Å². The van der Waals surface area contributed by atoms with Crippen molar-refractivity contribution in [1.29, 1.82) is 0 Å². The largest absolute Gasteiger partial charge is 0.332 e. The van der Waals surface area contributed by atoms with E-state index in [1.165, 1.54) is 76.4 Å². The van der Waals surface area contributed by atoms with Crippen LogP contribution in [0.25, 0.3) is 0 Å². The molecule has 0 aromatic carbocycles. The number of hydrogen-bond acceptors (Lipinski definition) is 5.